The van der Waals surface area contributed by atoms with Gasteiger partial charge in [0.1, 0.15) is 12.3 Å². The number of aliphatic imine (C=N–C) groups is 1. The number of likely N-dealkylation sites (N-methyl/N-ethyl adjacent to an activating group) is 1. The number of rotatable bonds is 10. The summed E-state index contributed by atoms with van der Waals surface area (Å²) in [6.45, 7) is 18.8. The van der Waals surface area contributed by atoms with Crippen LogP contribution in [0.4, 0.5) is 5.13 Å². The summed E-state index contributed by atoms with van der Waals surface area (Å²) in [5, 5.41) is 9.66. The molecule has 1 aliphatic heterocycles. The van der Waals surface area contributed by atoms with Crippen LogP contribution in [-0.4, -0.2) is 60.5 Å². The predicted molar refractivity (Wildman–Crippen MR) is 190 cm³/mol. The van der Waals surface area contributed by atoms with E-state index in [1.54, 1.807) is 24.4 Å². The molecule has 10 heteroatoms. The molecule has 0 aliphatic carbocycles. The lowest BCUT2D eigenvalue weighted by atomic mass is 10.0. The second kappa shape index (κ2) is 19.6. The Morgan fingerprint density at radius 1 is 1.13 bits per heavy atom. The number of hydrogen-bond acceptors (Lipinski definition) is 8. The molecule has 0 radical (unpaired) electrons. The first kappa shape index (κ1) is 36.5. The van der Waals surface area contributed by atoms with Crippen molar-refractivity contribution in [3.8, 4) is 5.75 Å². The van der Waals surface area contributed by atoms with E-state index < -0.39 is 0 Å². The molecule has 0 spiro atoms. The lowest BCUT2D eigenvalue weighted by Gasteiger charge is -2.18. The number of aromatic nitrogens is 2. The third-order valence-electron chi connectivity index (χ3n) is 6.45. The van der Waals surface area contributed by atoms with Gasteiger partial charge in [0, 0.05) is 60.0 Å². The van der Waals surface area contributed by atoms with Crippen LogP contribution in [0.2, 0.25) is 0 Å². The van der Waals surface area contributed by atoms with Crippen LogP contribution in [0.3, 0.4) is 0 Å². The minimum atomic E-state index is -0.105. The van der Waals surface area contributed by atoms with Crippen LogP contribution in [0.5, 0.6) is 5.75 Å². The zero-order valence-electron chi connectivity index (χ0n) is 27.3. The SMILES string of the molecule is C=C.CC.CC.CCN(C(=O)Cn1cc(C(=O)c2ccc(/C=C/CNC3=NCCN3)cc2)c2ccc(OC)cc21)c1nccs1. The minimum Gasteiger partial charge on any atom is -0.497 e. The molecule has 0 unspecified atom stereocenters. The number of amides is 1. The highest BCUT2D eigenvalue weighted by atomic mass is 32.1. The van der Waals surface area contributed by atoms with Gasteiger partial charge >= 0.3 is 0 Å². The van der Waals surface area contributed by atoms with Crippen molar-refractivity contribution in [3.63, 3.8) is 0 Å². The number of methoxy groups -OCH3 is 1. The number of hydrogen-bond donors (Lipinski definition) is 2. The maximum atomic E-state index is 13.6. The molecule has 0 saturated heterocycles. The van der Waals surface area contributed by atoms with Crippen molar-refractivity contribution in [1.82, 2.24) is 20.2 Å². The lowest BCUT2D eigenvalue weighted by Crippen LogP contribution is -2.33. The molecule has 0 fully saturated rings. The highest BCUT2D eigenvalue weighted by molar-refractivity contribution is 7.13. The van der Waals surface area contributed by atoms with Gasteiger partial charge in [-0.05, 0) is 24.6 Å². The molecule has 0 bridgehead atoms. The summed E-state index contributed by atoms with van der Waals surface area (Å²) >= 11 is 1.42. The fourth-order valence-electron chi connectivity index (χ4n) is 4.48. The monoisotopic (exact) mass is 630 g/mol. The summed E-state index contributed by atoms with van der Waals surface area (Å²) in [5.74, 6) is 1.27. The van der Waals surface area contributed by atoms with Gasteiger partial charge in [0.25, 0.3) is 0 Å². The number of fused-ring (bicyclic) bond motifs is 1. The van der Waals surface area contributed by atoms with Crippen LogP contribution >= 0.6 is 11.3 Å². The van der Waals surface area contributed by atoms with E-state index in [4.69, 9.17) is 4.74 Å². The van der Waals surface area contributed by atoms with Gasteiger partial charge in [-0.1, -0.05) is 64.1 Å². The van der Waals surface area contributed by atoms with Crippen molar-refractivity contribution in [2.45, 2.75) is 41.2 Å². The number of benzene rings is 2. The van der Waals surface area contributed by atoms with Crippen LogP contribution in [0.1, 0.15) is 56.1 Å². The summed E-state index contributed by atoms with van der Waals surface area (Å²) < 4.78 is 7.24. The molecule has 1 amide bonds. The molecule has 4 aromatic rings. The summed E-state index contributed by atoms with van der Waals surface area (Å²) in [7, 11) is 1.60. The van der Waals surface area contributed by atoms with Crippen molar-refractivity contribution in [2.24, 2.45) is 4.99 Å². The predicted octanol–water partition coefficient (Wildman–Crippen LogP) is 6.81. The zero-order valence-corrected chi connectivity index (χ0v) is 28.1. The molecular formula is C35H46N6O3S. The summed E-state index contributed by atoms with van der Waals surface area (Å²) in [6.07, 6.45) is 7.47. The van der Waals surface area contributed by atoms with Crippen LogP contribution in [0.25, 0.3) is 17.0 Å². The van der Waals surface area contributed by atoms with Gasteiger partial charge in [0.15, 0.2) is 16.9 Å². The number of nitrogens with one attached hydrogen (secondary N) is 2. The third-order valence-corrected chi connectivity index (χ3v) is 7.25. The van der Waals surface area contributed by atoms with Crippen LogP contribution in [0, 0.1) is 0 Å². The first-order valence-corrected chi connectivity index (χ1v) is 16.2. The average Bonchev–Trinajstić information content (AvgIpc) is 3.89. The van der Waals surface area contributed by atoms with Crippen molar-refractivity contribution in [3.05, 3.63) is 96.2 Å². The Bertz CT molecular complexity index is 1540. The molecular weight excluding hydrogens is 584 g/mol. The minimum absolute atomic E-state index is 0.0735. The van der Waals surface area contributed by atoms with E-state index in [0.29, 0.717) is 35.1 Å². The Hall–Kier alpha value is -4.70. The fraction of sp³-hybridized carbons (Fsp3) is 0.314. The molecule has 5 rings (SSSR count). The molecule has 240 valence electrons. The van der Waals surface area contributed by atoms with Crippen molar-refractivity contribution >= 4 is 51.1 Å². The summed E-state index contributed by atoms with van der Waals surface area (Å²) in [4.78, 5) is 37.1. The number of carbonyl (C=O) groups excluding carboxylic acids is 2. The van der Waals surface area contributed by atoms with Crippen LogP contribution in [-0.2, 0) is 11.3 Å². The normalized spacial score (nSPS) is 11.6. The number of ether oxygens (including phenoxy) is 1. The van der Waals surface area contributed by atoms with E-state index >= 15 is 0 Å². The van der Waals surface area contributed by atoms with E-state index in [1.165, 1.54) is 11.3 Å². The Morgan fingerprint density at radius 2 is 1.87 bits per heavy atom. The molecule has 3 heterocycles. The highest BCUT2D eigenvalue weighted by Crippen LogP contribution is 2.28. The van der Waals surface area contributed by atoms with Crippen LogP contribution < -0.4 is 20.3 Å². The van der Waals surface area contributed by atoms with Crippen molar-refractivity contribution in [1.29, 1.82) is 0 Å². The van der Waals surface area contributed by atoms with Gasteiger partial charge in [0.2, 0.25) is 5.91 Å². The molecule has 2 aromatic carbocycles. The smallest absolute Gasteiger partial charge is 0.248 e. The van der Waals surface area contributed by atoms with E-state index in [2.05, 4.69) is 33.8 Å². The van der Waals surface area contributed by atoms with E-state index in [1.807, 2.05) is 99.2 Å². The average molecular weight is 631 g/mol. The fourth-order valence-corrected chi connectivity index (χ4v) is 5.20. The maximum Gasteiger partial charge on any atom is 0.248 e. The molecule has 0 atom stereocenters. The first-order chi connectivity index (χ1) is 22.1. The molecule has 45 heavy (non-hydrogen) atoms. The van der Waals surface area contributed by atoms with Crippen molar-refractivity contribution < 1.29 is 14.3 Å². The van der Waals surface area contributed by atoms with Gasteiger partial charge < -0.3 is 19.9 Å². The standard InChI is InChI=1S/C29H30N6O3S.2C2H6.C2H4/c1-3-35(29-33-15-16-39-29)26(36)19-34-18-24(23-11-10-22(38-2)17-25(23)34)27(37)21-8-6-20(7-9-21)5-4-12-30-28-31-13-14-32-28;3*1-2/h4-11,15-18H,3,12-14,19H2,1-2H3,(H2,30,31,32);2*1-2H3;1-2H2/b5-4+;;;. The Labute approximate surface area is 271 Å². The highest BCUT2D eigenvalue weighted by Gasteiger charge is 2.21. The Balaban J connectivity index is 0.00000111. The molecule has 2 aromatic heterocycles. The van der Waals surface area contributed by atoms with E-state index in [9.17, 15) is 9.59 Å². The maximum absolute atomic E-state index is 13.6. The second-order valence-electron chi connectivity index (χ2n) is 8.90. The lowest BCUT2D eigenvalue weighted by molar-refractivity contribution is -0.119. The van der Waals surface area contributed by atoms with Gasteiger partial charge in [-0.2, -0.15) is 0 Å². The van der Waals surface area contributed by atoms with Crippen molar-refractivity contribution in [2.75, 3.05) is 38.2 Å². The largest absolute Gasteiger partial charge is 0.497 e. The van der Waals surface area contributed by atoms with Crippen LogP contribution in [0.15, 0.2) is 84.5 Å². The quantitative estimate of drug-likeness (QED) is 0.148. The van der Waals surface area contributed by atoms with Gasteiger partial charge in [0.05, 0.1) is 19.2 Å². The zero-order chi connectivity index (χ0) is 33.2. The topological polar surface area (TPSA) is 101 Å². The molecule has 1 aliphatic rings. The first-order valence-electron chi connectivity index (χ1n) is 15.3. The summed E-state index contributed by atoms with van der Waals surface area (Å²) in [6, 6.07) is 13.1. The molecule has 9 nitrogen and oxygen atoms in total. The molecule has 2 N–H and O–H groups in total. The van der Waals surface area contributed by atoms with E-state index in [-0.39, 0.29) is 18.2 Å². The number of thiazole rings is 1. The Kier molecular flexibility index (Phi) is 15.9. The third kappa shape index (κ3) is 9.64. The van der Waals surface area contributed by atoms with E-state index in [0.717, 1.165) is 35.5 Å². The number of carbonyl (C=O) groups is 2. The van der Waals surface area contributed by atoms with Gasteiger partial charge in [-0.15, -0.1) is 24.5 Å². The molecule has 0 saturated carbocycles. The number of guanidine groups is 1. The van der Waals surface area contributed by atoms with Gasteiger partial charge in [-0.3, -0.25) is 19.5 Å². The Morgan fingerprint density at radius 3 is 2.47 bits per heavy atom. The second-order valence-corrected chi connectivity index (χ2v) is 9.77. The van der Waals surface area contributed by atoms with Gasteiger partial charge in [-0.25, -0.2) is 4.98 Å². The number of anilines is 1. The number of nitrogens with zero attached hydrogens (tertiary/aromatic N) is 4. The summed E-state index contributed by atoms with van der Waals surface area (Å²) in [5.41, 5.74) is 2.87. The number of ketones is 1.